The number of carboxylic acid groups (broad SMARTS) is 2. The van der Waals surface area contributed by atoms with Gasteiger partial charge < -0.3 is 25.2 Å². The van der Waals surface area contributed by atoms with Crippen LogP contribution >= 0.6 is 0 Å². The van der Waals surface area contributed by atoms with Crippen molar-refractivity contribution in [3.63, 3.8) is 0 Å². The molecule has 7 nitrogen and oxygen atoms in total. The maximum absolute atomic E-state index is 11.6. The van der Waals surface area contributed by atoms with Crippen molar-refractivity contribution < 1.29 is 34.8 Å². The molecule has 0 unspecified atom stereocenters. The van der Waals surface area contributed by atoms with E-state index in [9.17, 15) is 30.0 Å². The predicted molar refractivity (Wildman–Crippen MR) is 192 cm³/mol. The number of hydrogen-bond donors (Lipinski definition) is 4. The third kappa shape index (κ3) is 13.2. The molecule has 0 amide bonds. The van der Waals surface area contributed by atoms with Gasteiger partial charge in [-0.25, -0.2) is 9.59 Å². The van der Waals surface area contributed by atoms with Crippen LogP contribution < -0.4 is 4.74 Å². The molecule has 0 saturated heterocycles. The smallest absolute Gasteiger partial charge is 0.339 e. The first-order chi connectivity index (χ1) is 23.2. The Bertz CT molecular complexity index is 1360. The largest absolute Gasteiger partial charge is 0.507 e. The van der Waals surface area contributed by atoms with Crippen LogP contribution in [0.15, 0.2) is 48.5 Å². The molecule has 4 N–H and O–H groups in total. The monoisotopic (exact) mass is 660 g/mol. The zero-order valence-electron chi connectivity index (χ0n) is 29.1. The molecular formula is C41H56O7. The van der Waals surface area contributed by atoms with E-state index in [-0.39, 0.29) is 22.6 Å². The van der Waals surface area contributed by atoms with Gasteiger partial charge in [0.2, 0.25) is 0 Å². The van der Waals surface area contributed by atoms with Gasteiger partial charge in [0, 0.05) is 12.8 Å². The first-order valence-corrected chi connectivity index (χ1v) is 18.0. The number of ether oxygens (including phenoxy) is 1. The molecule has 0 aliphatic heterocycles. The lowest BCUT2D eigenvalue weighted by molar-refractivity contribution is 0.0682. The molecule has 0 aromatic heterocycles. The van der Waals surface area contributed by atoms with Gasteiger partial charge in [0.15, 0.2) is 0 Å². The topological polar surface area (TPSA) is 124 Å². The van der Waals surface area contributed by atoms with E-state index in [1.807, 2.05) is 19.1 Å². The number of aryl methyl sites for hydroxylation is 1. The second-order valence-corrected chi connectivity index (χ2v) is 13.2. The summed E-state index contributed by atoms with van der Waals surface area (Å²) in [7, 11) is 0. The Balaban J connectivity index is 1.56. The van der Waals surface area contributed by atoms with Gasteiger partial charge in [-0.2, -0.15) is 0 Å². The van der Waals surface area contributed by atoms with E-state index in [0.717, 1.165) is 40.7 Å². The summed E-state index contributed by atoms with van der Waals surface area (Å²) in [5, 5.41) is 39.0. The number of hydrogen-bond acceptors (Lipinski definition) is 5. The number of unbranched alkanes of at least 4 members (excludes halogenated alkanes) is 15. The number of aromatic carboxylic acids is 2. The molecule has 3 rings (SSSR count). The van der Waals surface area contributed by atoms with E-state index in [2.05, 4.69) is 6.92 Å². The SMILES string of the molecule is CCCCCCCCCCCCCCCCCCOc1c(Cc2ccc(O)c(C(=O)O)c2)cc(C)cc1Cc1ccc(O)c(C(=O)O)c1. The minimum absolute atomic E-state index is 0.152. The minimum atomic E-state index is -1.19. The number of carboxylic acids is 2. The Morgan fingerprint density at radius 1 is 0.562 bits per heavy atom. The fourth-order valence-corrected chi connectivity index (χ4v) is 6.37. The van der Waals surface area contributed by atoms with E-state index in [0.29, 0.717) is 25.2 Å². The molecule has 0 radical (unpaired) electrons. The number of rotatable bonds is 24. The summed E-state index contributed by atoms with van der Waals surface area (Å²) in [6.45, 7) is 4.78. The van der Waals surface area contributed by atoms with Gasteiger partial charge in [-0.1, -0.05) is 133 Å². The highest BCUT2D eigenvalue weighted by Crippen LogP contribution is 2.32. The average molecular weight is 661 g/mol. The van der Waals surface area contributed by atoms with Gasteiger partial charge >= 0.3 is 11.9 Å². The van der Waals surface area contributed by atoms with Crippen LogP contribution in [0.3, 0.4) is 0 Å². The van der Waals surface area contributed by atoms with Crippen molar-refractivity contribution in [1.82, 2.24) is 0 Å². The standard InChI is InChI=1S/C41H56O7/c1-3-4-5-6-7-8-9-10-11-12-13-14-15-16-17-18-23-48-39-33(26-31-19-21-37(42)35(28-31)40(44)45)24-30(2)25-34(39)27-32-20-22-38(43)36(29-32)41(46)47/h19-22,24-25,28-29,42-43H,3-18,23,26-27H2,1-2H3,(H,44,45)(H,46,47). The summed E-state index contributed by atoms with van der Waals surface area (Å²) in [5.74, 6) is -2.24. The highest BCUT2D eigenvalue weighted by molar-refractivity contribution is 5.91. The molecule has 0 fully saturated rings. The quantitative estimate of drug-likeness (QED) is 0.0705. The summed E-state index contributed by atoms with van der Waals surface area (Å²) in [4.78, 5) is 23.3. The Morgan fingerprint density at radius 3 is 1.31 bits per heavy atom. The fraction of sp³-hybridized carbons (Fsp3) is 0.512. The predicted octanol–water partition coefficient (Wildman–Crippen LogP) is 10.6. The van der Waals surface area contributed by atoms with Crippen molar-refractivity contribution in [1.29, 1.82) is 0 Å². The zero-order valence-corrected chi connectivity index (χ0v) is 29.1. The van der Waals surface area contributed by atoms with Crippen molar-refractivity contribution in [2.24, 2.45) is 0 Å². The highest BCUT2D eigenvalue weighted by Gasteiger charge is 2.17. The van der Waals surface area contributed by atoms with Crippen LogP contribution in [-0.4, -0.2) is 39.0 Å². The van der Waals surface area contributed by atoms with E-state index in [1.54, 1.807) is 12.1 Å². The van der Waals surface area contributed by atoms with Crippen LogP contribution in [-0.2, 0) is 12.8 Å². The van der Waals surface area contributed by atoms with Crippen LogP contribution in [0.5, 0.6) is 17.2 Å². The third-order valence-electron chi connectivity index (χ3n) is 9.00. The van der Waals surface area contributed by atoms with Gasteiger partial charge in [-0.05, 0) is 59.9 Å². The molecule has 0 saturated carbocycles. The van der Waals surface area contributed by atoms with Crippen molar-refractivity contribution in [3.05, 3.63) is 87.5 Å². The summed E-state index contributed by atoms with van der Waals surface area (Å²) in [5.41, 5.74) is 3.92. The van der Waals surface area contributed by atoms with Crippen LogP contribution in [0.2, 0.25) is 0 Å². The summed E-state index contributed by atoms with van der Waals surface area (Å²) >= 11 is 0. The van der Waals surface area contributed by atoms with E-state index >= 15 is 0 Å². The van der Waals surface area contributed by atoms with Gasteiger partial charge in [0.1, 0.15) is 28.4 Å². The molecule has 0 heterocycles. The molecular weight excluding hydrogens is 604 g/mol. The summed E-state index contributed by atoms with van der Waals surface area (Å²) in [6, 6.07) is 13.2. The lowest BCUT2D eigenvalue weighted by Gasteiger charge is -2.18. The molecule has 48 heavy (non-hydrogen) atoms. The van der Waals surface area contributed by atoms with Crippen molar-refractivity contribution in [2.75, 3.05) is 6.61 Å². The van der Waals surface area contributed by atoms with Crippen molar-refractivity contribution >= 4 is 11.9 Å². The summed E-state index contributed by atoms with van der Waals surface area (Å²) in [6.07, 6.45) is 21.5. The minimum Gasteiger partial charge on any atom is -0.507 e. The lowest BCUT2D eigenvalue weighted by Crippen LogP contribution is -2.07. The number of benzene rings is 3. The maximum atomic E-state index is 11.6. The Hall–Kier alpha value is -4.00. The Labute approximate surface area is 287 Å². The molecule has 3 aromatic rings. The maximum Gasteiger partial charge on any atom is 0.339 e. The molecule has 0 spiro atoms. The normalized spacial score (nSPS) is 11.1. The molecule has 262 valence electrons. The van der Waals surface area contributed by atoms with Gasteiger partial charge in [0.25, 0.3) is 0 Å². The van der Waals surface area contributed by atoms with Crippen LogP contribution in [0.4, 0.5) is 0 Å². The summed E-state index contributed by atoms with van der Waals surface area (Å²) < 4.78 is 6.46. The Morgan fingerprint density at radius 2 is 0.938 bits per heavy atom. The zero-order chi connectivity index (χ0) is 34.7. The molecule has 0 aliphatic carbocycles. The number of phenols is 2. The number of aromatic hydroxyl groups is 2. The molecule has 0 atom stereocenters. The van der Waals surface area contributed by atoms with E-state index in [1.165, 1.54) is 114 Å². The van der Waals surface area contributed by atoms with Gasteiger partial charge in [-0.3, -0.25) is 0 Å². The van der Waals surface area contributed by atoms with Crippen LogP contribution in [0, 0.1) is 6.92 Å². The van der Waals surface area contributed by atoms with Crippen LogP contribution in [0.1, 0.15) is 158 Å². The first kappa shape index (κ1) is 38.4. The molecule has 3 aromatic carbocycles. The molecule has 7 heteroatoms. The third-order valence-corrected chi connectivity index (χ3v) is 9.00. The lowest BCUT2D eigenvalue weighted by atomic mass is 9.94. The van der Waals surface area contributed by atoms with E-state index in [4.69, 9.17) is 4.74 Å². The molecule has 0 bridgehead atoms. The molecule has 0 aliphatic rings. The van der Waals surface area contributed by atoms with Crippen molar-refractivity contribution in [3.8, 4) is 17.2 Å². The van der Waals surface area contributed by atoms with Gasteiger partial charge in [-0.15, -0.1) is 0 Å². The second-order valence-electron chi connectivity index (χ2n) is 13.2. The Kier molecular flexibility index (Phi) is 16.9. The van der Waals surface area contributed by atoms with Gasteiger partial charge in [0.05, 0.1) is 6.61 Å². The van der Waals surface area contributed by atoms with Crippen LogP contribution in [0.25, 0.3) is 0 Å². The number of carbonyl (C=O) groups is 2. The fourth-order valence-electron chi connectivity index (χ4n) is 6.37. The van der Waals surface area contributed by atoms with Crippen molar-refractivity contribution in [2.45, 2.75) is 129 Å². The second kappa shape index (κ2) is 21.1. The van der Waals surface area contributed by atoms with E-state index < -0.39 is 11.9 Å². The average Bonchev–Trinajstić information content (AvgIpc) is 3.05. The highest BCUT2D eigenvalue weighted by atomic mass is 16.5. The first-order valence-electron chi connectivity index (χ1n) is 18.0.